The third-order valence-corrected chi connectivity index (χ3v) is 6.29. The van der Waals surface area contributed by atoms with E-state index in [9.17, 15) is 4.79 Å². The number of hydrogen-bond donors (Lipinski definition) is 2. The number of amides is 1. The summed E-state index contributed by atoms with van der Waals surface area (Å²) in [5.41, 5.74) is 7.67. The Morgan fingerprint density at radius 2 is 1.87 bits per heavy atom. The highest BCUT2D eigenvalue weighted by Gasteiger charge is 2.54. The van der Waals surface area contributed by atoms with E-state index >= 15 is 0 Å². The molecule has 1 aromatic rings. The number of nitrogens with one attached hydrogen (secondary N) is 1. The lowest BCUT2D eigenvalue weighted by Crippen LogP contribution is -2.59. The van der Waals surface area contributed by atoms with Gasteiger partial charge in [-0.05, 0) is 60.8 Å². The van der Waals surface area contributed by atoms with Gasteiger partial charge in [-0.2, -0.15) is 0 Å². The predicted octanol–water partition coefficient (Wildman–Crippen LogP) is 3.07. The van der Waals surface area contributed by atoms with Crippen LogP contribution in [0, 0.1) is 23.2 Å². The lowest BCUT2D eigenvalue weighted by atomic mass is 9.48. The summed E-state index contributed by atoms with van der Waals surface area (Å²) in [6.07, 6.45) is 5.93. The number of alkyl carbamates (subject to hydrolysis) is 1. The third kappa shape index (κ3) is 2.97. The Morgan fingerprint density at radius 1 is 1.17 bits per heavy atom. The number of carbonyl (C=O) groups is 1. The van der Waals surface area contributed by atoms with Gasteiger partial charge in [0.2, 0.25) is 0 Å². The fourth-order valence-electron chi connectivity index (χ4n) is 5.48. The van der Waals surface area contributed by atoms with Crippen LogP contribution >= 0.6 is 0 Å². The van der Waals surface area contributed by atoms with Gasteiger partial charge >= 0.3 is 6.09 Å². The second-order valence-corrected chi connectivity index (χ2v) is 7.96. The van der Waals surface area contributed by atoms with E-state index < -0.39 is 0 Å². The summed E-state index contributed by atoms with van der Waals surface area (Å²) in [5.74, 6) is 2.17. The van der Waals surface area contributed by atoms with Crippen molar-refractivity contribution < 1.29 is 9.53 Å². The highest BCUT2D eigenvalue weighted by molar-refractivity contribution is 5.67. The van der Waals surface area contributed by atoms with Crippen molar-refractivity contribution >= 4 is 6.09 Å². The molecule has 1 aromatic carbocycles. The van der Waals surface area contributed by atoms with Crippen LogP contribution in [0.25, 0.3) is 0 Å². The van der Waals surface area contributed by atoms with Crippen molar-refractivity contribution in [3.05, 3.63) is 35.9 Å². The van der Waals surface area contributed by atoms with E-state index in [2.05, 4.69) is 5.32 Å². The number of carbonyl (C=O) groups excluding carboxylic acids is 1. The Morgan fingerprint density at radius 3 is 2.57 bits per heavy atom. The zero-order valence-corrected chi connectivity index (χ0v) is 13.5. The molecule has 0 heterocycles. The first-order valence-electron chi connectivity index (χ1n) is 8.84. The smallest absolute Gasteiger partial charge is 0.407 e. The van der Waals surface area contributed by atoms with E-state index in [0.717, 1.165) is 18.0 Å². The summed E-state index contributed by atoms with van der Waals surface area (Å²) in [5, 5.41) is 3.02. The van der Waals surface area contributed by atoms with Crippen LogP contribution in [0.5, 0.6) is 0 Å². The molecular formula is C19H26N2O2. The average molecular weight is 314 g/mol. The van der Waals surface area contributed by atoms with Gasteiger partial charge < -0.3 is 15.8 Å². The maximum absolute atomic E-state index is 12.0. The van der Waals surface area contributed by atoms with Gasteiger partial charge in [-0.25, -0.2) is 4.79 Å². The highest BCUT2D eigenvalue weighted by atomic mass is 16.5. The quantitative estimate of drug-likeness (QED) is 0.897. The average Bonchev–Trinajstić information content (AvgIpc) is 2.56. The molecule has 124 valence electrons. The first-order chi connectivity index (χ1) is 11.1. The van der Waals surface area contributed by atoms with Crippen molar-refractivity contribution in [3.8, 4) is 0 Å². The largest absolute Gasteiger partial charge is 0.445 e. The molecule has 23 heavy (non-hydrogen) atoms. The topological polar surface area (TPSA) is 64.3 Å². The lowest BCUT2D eigenvalue weighted by Gasteiger charge is -2.59. The number of hydrogen-bond acceptors (Lipinski definition) is 3. The van der Waals surface area contributed by atoms with Crippen molar-refractivity contribution in [2.45, 2.75) is 44.8 Å². The van der Waals surface area contributed by atoms with Crippen LogP contribution in [0.1, 0.15) is 37.7 Å². The molecule has 0 aliphatic heterocycles. The zero-order chi connectivity index (χ0) is 15.9. The summed E-state index contributed by atoms with van der Waals surface area (Å²) in [7, 11) is 0. The van der Waals surface area contributed by atoms with E-state index in [1.54, 1.807) is 0 Å². The Hall–Kier alpha value is -1.55. The van der Waals surface area contributed by atoms with Gasteiger partial charge in [0.05, 0.1) is 0 Å². The molecule has 0 radical (unpaired) electrons. The molecule has 4 fully saturated rings. The lowest BCUT2D eigenvalue weighted by molar-refractivity contribution is -0.0649. The summed E-state index contributed by atoms with van der Waals surface area (Å²) >= 11 is 0. The maximum atomic E-state index is 12.0. The van der Waals surface area contributed by atoms with Crippen LogP contribution in [0.15, 0.2) is 30.3 Å². The zero-order valence-electron chi connectivity index (χ0n) is 13.5. The molecule has 4 aliphatic carbocycles. The van der Waals surface area contributed by atoms with E-state index in [0.29, 0.717) is 24.5 Å². The second-order valence-electron chi connectivity index (χ2n) is 7.96. The monoisotopic (exact) mass is 314 g/mol. The van der Waals surface area contributed by atoms with Crippen LogP contribution in [0.3, 0.4) is 0 Å². The molecule has 0 spiro atoms. The standard InChI is InChI=1S/C19H26N2O2/c20-17-15-6-14-7-16(17)10-19(8-14,9-15)12-21-18(22)23-11-13-4-2-1-3-5-13/h1-5,14-17H,6-12,20H2,(H,21,22)/t14?,15-,16+,17+,19-. The van der Waals surface area contributed by atoms with Crippen LogP contribution in [0.4, 0.5) is 4.79 Å². The van der Waals surface area contributed by atoms with Crippen molar-refractivity contribution in [2.75, 3.05) is 6.54 Å². The Kier molecular flexibility index (Phi) is 3.80. The molecule has 5 rings (SSSR count). The number of nitrogens with two attached hydrogens (primary N) is 1. The second kappa shape index (κ2) is 5.82. The summed E-state index contributed by atoms with van der Waals surface area (Å²) in [6.45, 7) is 1.08. The van der Waals surface area contributed by atoms with Gasteiger partial charge in [0.25, 0.3) is 0 Å². The molecule has 4 heteroatoms. The van der Waals surface area contributed by atoms with Crippen LogP contribution in [-0.4, -0.2) is 18.7 Å². The van der Waals surface area contributed by atoms with E-state index in [1.165, 1.54) is 32.1 Å². The first-order valence-corrected chi connectivity index (χ1v) is 8.84. The highest BCUT2D eigenvalue weighted by Crippen LogP contribution is 2.59. The molecule has 1 unspecified atom stereocenters. The van der Waals surface area contributed by atoms with E-state index in [-0.39, 0.29) is 11.5 Å². The molecule has 4 aliphatic rings. The molecule has 5 atom stereocenters. The van der Waals surface area contributed by atoms with E-state index in [1.807, 2.05) is 30.3 Å². The van der Waals surface area contributed by atoms with Gasteiger partial charge in [0, 0.05) is 12.6 Å². The Bertz CT molecular complexity index is 558. The van der Waals surface area contributed by atoms with Crippen molar-refractivity contribution in [1.82, 2.24) is 5.32 Å². The van der Waals surface area contributed by atoms with Crippen molar-refractivity contribution in [1.29, 1.82) is 0 Å². The minimum absolute atomic E-state index is 0.276. The van der Waals surface area contributed by atoms with Gasteiger partial charge in [-0.1, -0.05) is 30.3 Å². The van der Waals surface area contributed by atoms with Crippen LogP contribution < -0.4 is 11.1 Å². The molecular weight excluding hydrogens is 288 g/mol. The fraction of sp³-hybridized carbons (Fsp3) is 0.632. The van der Waals surface area contributed by atoms with Gasteiger partial charge in [0.15, 0.2) is 0 Å². The molecule has 0 aromatic heterocycles. The van der Waals surface area contributed by atoms with Gasteiger partial charge in [0.1, 0.15) is 6.61 Å². The van der Waals surface area contributed by atoms with Gasteiger partial charge in [-0.3, -0.25) is 0 Å². The summed E-state index contributed by atoms with van der Waals surface area (Å²) < 4.78 is 5.34. The van der Waals surface area contributed by atoms with Crippen molar-refractivity contribution in [3.63, 3.8) is 0 Å². The maximum Gasteiger partial charge on any atom is 0.407 e. The molecule has 3 N–H and O–H groups in total. The fourth-order valence-corrected chi connectivity index (χ4v) is 5.48. The normalized spacial score (nSPS) is 37.6. The van der Waals surface area contributed by atoms with E-state index in [4.69, 9.17) is 10.5 Å². The molecule has 4 bridgehead atoms. The first kappa shape index (κ1) is 15.0. The Labute approximate surface area is 137 Å². The number of rotatable bonds is 4. The molecule has 0 saturated heterocycles. The third-order valence-electron chi connectivity index (χ3n) is 6.29. The summed E-state index contributed by atoms with van der Waals surface area (Å²) in [4.78, 5) is 12.0. The van der Waals surface area contributed by atoms with Gasteiger partial charge in [-0.15, -0.1) is 0 Å². The number of ether oxygens (including phenoxy) is 1. The Balaban J connectivity index is 1.30. The van der Waals surface area contributed by atoms with Crippen molar-refractivity contribution in [2.24, 2.45) is 28.9 Å². The molecule has 1 amide bonds. The molecule has 4 saturated carbocycles. The minimum Gasteiger partial charge on any atom is -0.445 e. The predicted molar refractivity (Wildman–Crippen MR) is 88.6 cm³/mol. The van der Waals surface area contributed by atoms with Crippen LogP contribution in [-0.2, 0) is 11.3 Å². The van der Waals surface area contributed by atoms with Crippen LogP contribution in [0.2, 0.25) is 0 Å². The molecule has 4 nitrogen and oxygen atoms in total. The summed E-state index contributed by atoms with van der Waals surface area (Å²) in [6, 6.07) is 10.2. The SMILES string of the molecule is N[C@H]1[C@@H]2CC3C[C@H]1C[C@@](CNC(=O)OCc1ccccc1)(C3)C2. The number of benzene rings is 1. The minimum atomic E-state index is -0.297.